The van der Waals surface area contributed by atoms with E-state index < -0.39 is 0 Å². The first-order valence-electron chi connectivity index (χ1n) is 6.36. The molecule has 1 aliphatic carbocycles. The highest BCUT2D eigenvalue weighted by molar-refractivity contribution is 5.79. The van der Waals surface area contributed by atoms with Crippen LogP contribution in [0.1, 0.15) is 39.0 Å². The van der Waals surface area contributed by atoms with Gasteiger partial charge in [0.15, 0.2) is 0 Å². The van der Waals surface area contributed by atoms with Crippen LogP contribution >= 0.6 is 0 Å². The summed E-state index contributed by atoms with van der Waals surface area (Å²) in [5, 5.41) is 0. The molecule has 0 heterocycles. The van der Waals surface area contributed by atoms with Gasteiger partial charge in [-0.1, -0.05) is 6.92 Å². The molecular formula is C13H23NO3. The predicted octanol–water partition coefficient (Wildman–Crippen LogP) is 1.83. The van der Waals surface area contributed by atoms with Crippen LogP contribution in [-0.2, 0) is 14.3 Å². The SMILES string of the molecule is COC(=O)CCN(C)C(=O)C1CCC(C)CC1. The minimum atomic E-state index is -0.262. The van der Waals surface area contributed by atoms with E-state index in [1.807, 2.05) is 0 Å². The minimum absolute atomic E-state index is 0.161. The van der Waals surface area contributed by atoms with E-state index in [2.05, 4.69) is 11.7 Å². The molecule has 4 nitrogen and oxygen atoms in total. The fourth-order valence-electron chi connectivity index (χ4n) is 2.29. The van der Waals surface area contributed by atoms with Gasteiger partial charge in [-0.25, -0.2) is 0 Å². The van der Waals surface area contributed by atoms with Crippen LogP contribution in [0.4, 0.5) is 0 Å². The minimum Gasteiger partial charge on any atom is -0.469 e. The highest BCUT2D eigenvalue weighted by atomic mass is 16.5. The predicted molar refractivity (Wildman–Crippen MR) is 65.4 cm³/mol. The van der Waals surface area contributed by atoms with Gasteiger partial charge in [0, 0.05) is 19.5 Å². The molecule has 0 aromatic carbocycles. The van der Waals surface area contributed by atoms with Crippen molar-refractivity contribution in [2.24, 2.45) is 11.8 Å². The van der Waals surface area contributed by atoms with E-state index in [1.54, 1.807) is 11.9 Å². The van der Waals surface area contributed by atoms with Gasteiger partial charge in [-0.15, -0.1) is 0 Å². The molecule has 0 aliphatic heterocycles. The molecule has 1 rings (SSSR count). The average molecular weight is 241 g/mol. The molecule has 0 aromatic rings. The maximum Gasteiger partial charge on any atom is 0.307 e. The molecule has 0 aromatic heterocycles. The van der Waals surface area contributed by atoms with Gasteiger partial charge in [-0.3, -0.25) is 9.59 Å². The molecule has 0 saturated heterocycles. The lowest BCUT2D eigenvalue weighted by molar-refractivity contribution is -0.142. The number of amides is 1. The van der Waals surface area contributed by atoms with E-state index >= 15 is 0 Å². The van der Waals surface area contributed by atoms with Crippen molar-refractivity contribution < 1.29 is 14.3 Å². The van der Waals surface area contributed by atoms with Gasteiger partial charge in [0.05, 0.1) is 13.5 Å². The lowest BCUT2D eigenvalue weighted by Crippen LogP contribution is -2.36. The van der Waals surface area contributed by atoms with Crippen molar-refractivity contribution in [3.05, 3.63) is 0 Å². The third-order valence-corrected chi connectivity index (χ3v) is 3.62. The standard InChI is InChI=1S/C13H23NO3/c1-10-4-6-11(7-5-10)13(16)14(2)9-8-12(15)17-3/h10-11H,4-9H2,1-3H3. The second-order valence-corrected chi connectivity index (χ2v) is 5.04. The first kappa shape index (κ1) is 14.0. The van der Waals surface area contributed by atoms with E-state index in [1.165, 1.54) is 7.11 Å². The van der Waals surface area contributed by atoms with Crippen molar-refractivity contribution in [2.45, 2.75) is 39.0 Å². The molecule has 1 saturated carbocycles. The Balaban J connectivity index is 2.33. The third kappa shape index (κ3) is 4.36. The van der Waals surface area contributed by atoms with E-state index in [-0.39, 0.29) is 24.2 Å². The molecule has 0 atom stereocenters. The van der Waals surface area contributed by atoms with Crippen LogP contribution in [0.5, 0.6) is 0 Å². The number of hydrogen-bond acceptors (Lipinski definition) is 3. The van der Waals surface area contributed by atoms with Gasteiger partial charge in [-0.05, 0) is 31.6 Å². The summed E-state index contributed by atoms with van der Waals surface area (Å²) >= 11 is 0. The van der Waals surface area contributed by atoms with Crippen molar-refractivity contribution in [1.82, 2.24) is 4.90 Å². The number of methoxy groups -OCH3 is 1. The molecule has 1 aliphatic rings. The summed E-state index contributed by atoms with van der Waals surface area (Å²) in [5.74, 6) is 0.830. The van der Waals surface area contributed by atoms with Gasteiger partial charge in [0.2, 0.25) is 5.91 Å². The smallest absolute Gasteiger partial charge is 0.307 e. The largest absolute Gasteiger partial charge is 0.469 e. The van der Waals surface area contributed by atoms with Gasteiger partial charge in [-0.2, -0.15) is 0 Å². The average Bonchev–Trinajstić information content (AvgIpc) is 2.35. The molecule has 0 N–H and O–H groups in total. The normalized spacial score (nSPS) is 24.2. The highest BCUT2D eigenvalue weighted by Gasteiger charge is 2.26. The van der Waals surface area contributed by atoms with Crippen LogP contribution in [0.2, 0.25) is 0 Å². The van der Waals surface area contributed by atoms with Gasteiger partial charge in [0.25, 0.3) is 0 Å². The van der Waals surface area contributed by atoms with Crippen molar-refractivity contribution in [3.8, 4) is 0 Å². The first-order chi connectivity index (χ1) is 8.04. The van der Waals surface area contributed by atoms with Crippen LogP contribution in [0.15, 0.2) is 0 Å². The fourth-order valence-corrected chi connectivity index (χ4v) is 2.29. The second kappa shape index (κ2) is 6.62. The van der Waals surface area contributed by atoms with Crippen molar-refractivity contribution >= 4 is 11.9 Å². The van der Waals surface area contributed by atoms with Crippen molar-refractivity contribution in [1.29, 1.82) is 0 Å². The summed E-state index contributed by atoms with van der Waals surface area (Å²) < 4.78 is 4.56. The molecule has 0 bridgehead atoms. The van der Waals surface area contributed by atoms with Crippen LogP contribution in [0.25, 0.3) is 0 Å². The van der Waals surface area contributed by atoms with Crippen molar-refractivity contribution in [2.75, 3.05) is 20.7 Å². The van der Waals surface area contributed by atoms with Crippen LogP contribution in [-0.4, -0.2) is 37.5 Å². The monoisotopic (exact) mass is 241 g/mol. The number of hydrogen-bond donors (Lipinski definition) is 0. The molecule has 0 spiro atoms. The van der Waals surface area contributed by atoms with Gasteiger partial charge in [0.1, 0.15) is 0 Å². The molecular weight excluding hydrogens is 218 g/mol. The maximum absolute atomic E-state index is 12.1. The molecule has 1 fully saturated rings. The molecule has 0 radical (unpaired) electrons. The summed E-state index contributed by atoms with van der Waals surface area (Å²) in [6.07, 6.45) is 4.54. The Labute approximate surface area is 103 Å². The van der Waals surface area contributed by atoms with Crippen molar-refractivity contribution in [3.63, 3.8) is 0 Å². The Morgan fingerprint density at radius 3 is 2.35 bits per heavy atom. The summed E-state index contributed by atoms with van der Waals surface area (Å²) in [4.78, 5) is 24.7. The number of carbonyl (C=O) groups excluding carboxylic acids is 2. The molecule has 0 unspecified atom stereocenters. The van der Waals surface area contributed by atoms with Crippen LogP contribution in [0, 0.1) is 11.8 Å². The molecule has 4 heteroatoms. The van der Waals surface area contributed by atoms with E-state index in [4.69, 9.17) is 0 Å². The summed E-state index contributed by atoms with van der Waals surface area (Å²) in [7, 11) is 3.13. The lowest BCUT2D eigenvalue weighted by atomic mass is 9.82. The number of carbonyl (C=O) groups is 2. The Hall–Kier alpha value is -1.06. The highest BCUT2D eigenvalue weighted by Crippen LogP contribution is 2.29. The quantitative estimate of drug-likeness (QED) is 0.705. The third-order valence-electron chi connectivity index (χ3n) is 3.62. The van der Waals surface area contributed by atoms with E-state index in [0.717, 1.165) is 31.6 Å². The zero-order valence-electron chi connectivity index (χ0n) is 11.1. The Morgan fingerprint density at radius 2 is 1.82 bits per heavy atom. The molecule has 17 heavy (non-hydrogen) atoms. The Morgan fingerprint density at radius 1 is 1.24 bits per heavy atom. The number of esters is 1. The maximum atomic E-state index is 12.1. The zero-order chi connectivity index (χ0) is 12.8. The molecule has 98 valence electrons. The van der Waals surface area contributed by atoms with Gasteiger partial charge < -0.3 is 9.64 Å². The Kier molecular flexibility index (Phi) is 5.45. The van der Waals surface area contributed by atoms with Crippen LogP contribution < -0.4 is 0 Å². The first-order valence-corrected chi connectivity index (χ1v) is 6.36. The second-order valence-electron chi connectivity index (χ2n) is 5.04. The van der Waals surface area contributed by atoms with Gasteiger partial charge >= 0.3 is 5.97 Å². The summed E-state index contributed by atoms with van der Waals surface area (Å²) in [5.41, 5.74) is 0. The van der Waals surface area contributed by atoms with Crippen LogP contribution in [0.3, 0.4) is 0 Å². The Bertz CT molecular complexity index is 270. The van der Waals surface area contributed by atoms with E-state index in [9.17, 15) is 9.59 Å². The number of ether oxygens (including phenoxy) is 1. The lowest BCUT2D eigenvalue weighted by Gasteiger charge is -2.28. The molecule has 1 amide bonds. The number of nitrogens with zero attached hydrogens (tertiary/aromatic N) is 1. The fraction of sp³-hybridized carbons (Fsp3) is 0.846. The zero-order valence-corrected chi connectivity index (χ0v) is 11.1. The topological polar surface area (TPSA) is 46.6 Å². The summed E-state index contributed by atoms with van der Waals surface area (Å²) in [6.45, 7) is 2.69. The summed E-state index contributed by atoms with van der Waals surface area (Å²) in [6, 6.07) is 0. The number of rotatable bonds is 4. The van der Waals surface area contributed by atoms with E-state index in [0.29, 0.717) is 6.54 Å².